The molecule has 2 fully saturated rings. The topological polar surface area (TPSA) is 71.2 Å². The van der Waals surface area contributed by atoms with E-state index in [2.05, 4.69) is 50.1 Å². The molecule has 0 radical (unpaired) electrons. The van der Waals surface area contributed by atoms with Crippen molar-refractivity contribution in [3.63, 3.8) is 0 Å². The van der Waals surface area contributed by atoms with Crippen LogP contribution in [0.4, 0.5) is 11.5 Å². The number of aromatic nitrogens is 3. The fourth-order valence-corrected chi connectivity index (χ4v) is 4.54. The molecule has 0 spiro atoms. The number of piperidine rings is 1. The van der Waals surface area contributed by atoms with E-state index in [4.69, 9.17) is 10.7 Å². The first-order valence-corrected chi connectivity index (χ1v) is 10.7. The number of benzene rings is 1. The van der Waals surface area contributed by atoms with Gasteiger partial charge in [-0.05, 0) is 56.3 Å². The fourth-order valence-electron chi connectivity index (χ4n) is 4.54. The van der Waals surface area contributed by atoms with Crippen LogP contribution in [-0.2, 0) is 0 Å². The summed E-state index contributed by atoms with van der Waals surface area (Å²) in [5, 5.41) is 0. The Morgan fingerprint density at radius 1 is 0.931 bits per heavy atom. The van der Waals surface area contributed by atoms with Gasteiger partial charge >= 0.3 is 0 Å². The molecule has 1 atom stereocenters. The molecule has 0 unspecified atom stereocenters. The highest BCUT2D eigenvalue weighted by Gasteiger charge is 2.25. The molecule has 2 aliphatic heterocycles. The first-order valence-electron chi connectivity index (χ1n) is 10.7. The Bertz CT molecular complexity index is 980. The highest BCUT2D eigenvalue weighted by Crippen LogP contribution is 2.31. The zero-order chi connectivity index (χ0) is 19.6. The van der Waals surface area contributed by atoms with Gasteiger partial charge in [0, 0.05) is 49.8 Å². The van der Waals surface area contributed by atoms with Crippen LogP contribution in [-0.4, -0.2) is 47.7 Å². The molecule has 1 aromatic carbocycles. The Morgan fingerprint density at radius 3 is 2.48 bits per heavy atom. The lowest BCUT2D eigenvalue weighted by atomic mass is 10.1. The van der Waals surface area contributed by atoms with Crippen LogP contribution in [0.5, 0.6) is 0 Å². The van der Waals surface area contributed by atoms with Crippen LogP contribution in [0, 0.1) is 5.92 Å². The van der Waals surface area contributed by atoms with Crippen molar-refractivity contribution in [1.82, 2.24) is 15.0 Å². The molecule has 3 aromatic rings. The molecule has 29 heavy (non-hydrogen) atoms. The Kier molecular flexibility index (Phi) is 5.02. The van der Waals surface area contributed by atoms with Crippen molar-refractivity contribution in [3.05, 3.63) is 42.7 Å². The molecule has 0 aliphatic carbocycles. The lowest BCUT2D eigenvalue weighted by Gasteiger charge is -2.28. The molecule has 4 heterocycles. The lowest BCUT2D eigenvalue weighted by molar-refractivity contribution is 0.578. The van der Waals surface area contributed by atoms with Gasteiger partial charge in [0.25, 0.3) is 0 Å². The molecule has 6 nitrogen and oxygen atoms in total. The second kappa shape index (κ2) is 7.95. The Morgan fingerprint density at radius 2 is 1.72 bits per heavy atom. The van der Waals surface area contributed by atoms with Crippen LogP contribution in [0.15, 0.2) is 42.7 Å². The Labute approximate surface area is 171 Å². The summed E-state index contributed by atoms with van der Waals surface area (Å²) in [7, 11) is 0. The fraction of sp³-hybridized carbons (Fsp3) is 0.435. The quantitative estimate of drug-likeness (QED) is 0.738. The zero-order valence-corrected chi connectivity index (χ0v) is 16.8. The third-order valence-corrected chi connectivity index (χ3v) is 6.24. The highest BCUT2D eigenvalue weighted by molar-refractivity contribution is 5.89. The Balaban J connectivity index is 1.50. The number of nitrogens with two attached hydrogens (primary N) is 1. The lowest BCUT2D eigenvalue weighted by Crippen LogP contribution is -2.29. The number of nitrogens with zero attached hydrogens (tertiary/aromatic N) is 5. The second-order valence-electron chi connectivity index (χ2n) is 8.19. The molecular weight excluding hydrogens is 360 g/mol. The van der Waals surface area contributed by atoms with E-state index < -0.39 is 0 Å². The van der Waals surface area contributed by atoms with E-state index >= 15 is 0 Å². The van der Waals surface area contributed by atoms with E-state index in [1.807, 2.05) is 0 Å². The predicted molar refractivity (Wildman–Crippen MR) is 118 cm³/mol. The summed E-state index contributed by atoms with van der Waals surface area (Å²) < 4.78 is 0. The summed E-state index contributed by atoms with van der Waals surface area (Å²) in [5.74, 6) is 1.46. The normalized spacial score (nSPS) is 19.8. The van der Waals surface area contributed by atoms with Crippen LogP contribution in [0.25, 0.3) is 22.3 Å². The number of hydrogen-bond donors (Lipinski definition) is 1. The molecule has 2 aromatic heterocycles. The smallest absolute Gasteiger partial charge is 0.157 e. The van der Waals surface area contributed by atoms with Crippen LogP contribution < -0.4 is 15.5 Å². The van der Waals surface area contributed by atoms with E-state index in [9.17, 15) is 0 Å². The standard InChI is InChI=1S/C23H28N6/c24-15-17-8-13-29(16-17)23-22-21(25-9-10-26-22)14-20(27-23)18-4-6-19(7-5-18)28-11-2-1-3-12-28/h4-7,9-10,14,17H,1-3,8,11-13,15-16,24H2/t17-/m0/s1. The molecular formula is C23H28N6. The van der Waals surface area contributed by atoms with Gasteiger partial charge in [-0.1, -0.05) is 12.1 Å². The first-order chi connectivity index (χ1) is 14.3. The molecule has 2 saturated heterocycles. The molecule has 2 aliphatic rings. The highest BCUT2D eigenvalue weighted by atomic mass is 15.2. The van der Waals surface area contributed by atoms with E-state index in [1.54, 1.807) is 12.4 Å². The summed E-state index contributed by atoms with van der Waals surface area (Å²) in [5.41, 5.74) is 11.0. The molecule has 6 heteroatoms. The summed E-state index contributed by atoms with van der Waals surface area (Å²) >= 11 is 0. The molecule has 0 amide bonds. The number of hydrogen-bond acceptors (Lipinski definition) is 6. The maximum Gasteiger partial charge on any atom is 0.157 e. The van der Waals surface area contributed by atoms with E-state index in [0.29, 0.717) is 5.92 Å². The Hall–Kier alpha value is -2.73. The van der Waals surface area contributed by atoms with Crippen molar-refractivity contribution in [3.8, 4) is 11.3 Å². The number of pyridine rings is 1. The number of anilines is 2. The van der Waals surface area contributed by atoms with Crippen molar-refractivity contribution in [1.29, 1.82) is 0 Å². The van der Waals surface area contributed by atoms with Crippen molar-refractivity contribution < 1.29 is 0 Å². The maximum absolute atomic E-state index is 5.90. The summed E-state index contributed by atoms with van der Waals surface area (Å²) in [6, 6.07) is 10.9. The number of fused-ring (bicyclic) bond motifs is 1. The van der Waals surface area contributed by atoms with Crippen LogP contribution in [0.1, 0.15) is 25.7 Å². The summed E-state index contributed by atoms with van der Waals surface area (Å²) in [6.45, 7) is 4.94. The van der Waals surface area contributed by atoms with Crippen LogP contribution in [0.2, 0.25) is 0 Å². The van der Waals surface area contributed by atoms with Crippen LogP contribution in [0.3, 0.4) is 0 Å². The van der Waals surface area contributed by atoms with Gasteiger partial charge in [0.1, 0.15) is 5.52 Å². The first kappa shape index (κ1) is 18.3. The van der Waals surface area contributed by atoms with E-state index in [-0.39, 0.29) is 0 Å². The second-order valence-corrected chi connectivity index (χ2v) is 8.19. The van der Waals surface area contributed by atoms with Crippen molar-refractivity contribution >= 4 is 22.5 Å². The summed E-state index contributed by atoms with van der Waals surface area (Å²) in [4.78, 5) is 19.0. The van der Waals surface area contributed by atoms with Gasteiger partial charge in [0.05, 0.1) is 11.2 Å². The average Bonchev–Trinajstić information content (AvgIpc) is 3.28. The third-order valence-electron chi connectivity index (χ3n) is 6.24. The van der Waals surface area contributed by atoms with Crippen molar-refractivity contribution in [2.75, 3.05) is 42.5 Å². The third kappa shape index (κ3) is 3.65. The number of rotatable bonds is 4. The average molecular weight is 389 g/mol. The van der Waals surface area contributed by atoms with Crippen molar-refractivity contribution in [2.24, 2.45) is 11.7 Å². The zero-order valence-electron chi connectivity index (χ0n) is 16.8. The molecule has 150 valence electrons. The van der Waals surface area contributed by atoms with E-state index in [0.717, 1.165) is 67.3 Å². The van der Waals surface area contributed by atoms with Gasteiger partial charge in [0.2, 0.25) is 0 Å². The van der Waals surface area contributed by atoms with Gasteiger partial charge < -0.3 is 15.5 Å². The molecule has 0 saturated carbocycles. The van der Waals surface area contributed by atoms with Gasteiger partial charge in [-0.15, -0.1) is 0 Å². The maximum atomic E-state index is 5.90. The molecule has 2 N–H and O–H groups in total. The van der Waals surface area contributed by atoms with Gasteiger partial charge in [-0.3, -0.25) is 4.98 Å². The predicted octanol–water partition coefficient (Wildman–Crippen LogP) is 3.47. The molecule has 0 bridgehead atoms. The minimum Gasteiger partial charge on any atom is -0.372 e. The largest absolute Gasteiger partial charge is 0.372 e. The molecule has 5 rings (SSSR count). The van der Waals surface area contributed by atoms with Gasteiger partial charge in [0.15, 0.2) is 5.82 Å². The van der Waals surface area contributed by atoms with Gasteiger partial charge in [-0.2, -0.15) is 0 Å². The van der Waals surface area contributed by atoms with E-state index in [1.165, 1.54) is 24.9 Å². The van der Waals surface area contributed by atoms with Crippen molar-refractivity contribution in [2.45, 2.75) is 25.7 Å². The minimum atomic E-state index is 0.524. The minimum absolute atomic E-state index is 0.524. The SMILES string of the molecule is NC[C@@H]1CCN(c2nc(-c3ccc(N4CCCCC4)cc3)cc3nccnc23)C1. The van der Waals surface area contributed by atoms with Crippen LogP contribution >= 0.6 is 0 Å². The summed E-state index contributed by atoms with van der Waals surface area (Å²) in [6.07, 6.45) is 8.53. The van der Waals surface area contributed by atoms with Gasteiger partial charge in [-0.25, -0.2) is 9.97 Å². The monoisotopic (exact) mass is 388 g/mol.